The van der Waals surface area contributed by atoms with Gasteiger partial charge in [-0.3, -0.25) is 4.79 Å². The number of nitrogens with one attached hydrogen (secondary N) is 1. The van der Waals surface area contributed by atoms with E-state index in [1.165, 1.54) is 0 Å². The Balaban J connectivity index is 1.97. The van der Waals surface area contributed by atoms with Gasteiger partial charge in [-0.2, -0.15) is 0 Å². The van der Waals surface area contributed by atoms with Crippen molar-refractivity contribution in [1.82, 2.24) is 0 Å². The quantitative estimate of drug-likeness (QED) is 0.818. The number of carbonyl (C=O) groups excluding carboxylic acids is 1. The SMILES string of the molecule is O=C(Nc1sc2c(c1C(=O)O)CCCC2)c1ccc(F)c(F)c1F. The fourth-order valence-electron chi connectivity index (χ4n) is 2.75. The van der Waals surface area contributed by atoms with Crippen molar-refractivity contribution in [2.24, 2.45) is 0 Å². The number of aromatic carboxylic acids is 1. The predicted octanol–water partition coefficient (Wildman–Crippen LogP) is 3.99. The summed E-state index contributed by atoms with van der Waals surface area (Å²) in [5.41, 5.74) is -0.0116. The zero-order valence-electron chi connectivity index (χ0n) is 12.3. The molecule has 1 aromatic heterocycles. The van der Waals surface area contributed by atoms with Crippen LogP contribution in [0.1, 0.15) is 44.0 Å². The molecule has 3 rings (SSSR count). The molecule has 1 aliphatic rings. The van der Waals surface area contributed by atoms with Crippen LogP contribution in [0.25, 0.3) is 0 Å². The molecule has 1 heterocycles. The molecule has 24 heavy (non-hydrogen) atoms. The average molecular weight is 355 g/mol. The molecule has 1 amide bonds. The molecule has 0 unspecified atom stereocenters. The van der Waals surface area contributed by atoms with Crippen molar-refractivity contribution >= 4 is 28.2 Å². The van der Waals surface area contributed by atoms with Gasteiger partial charge in [-0.1, -0.05) is 0 Å². The number of halogens is 3. The number of thiophene rings is 1. The highest BCUT2D eigenvalue weighted by Gasteiger charge is 2.27. The van der Waals surface area contributed by atoms with Gasteiger partial charge in [-0.15, -0.1) is 11.3 Å². The van der Waals surface area contributed by atoms with Crippen molar-refractivity contribution in [2.45, 2.75) is 25.7 Å². The maximum Gasteiger partial charge on any atom is 0.339 e. The summed E-state index contributed by atoms with van der Waals surface area (Å²) in [5, 5.41) is 11.8. The molecule has 8 heteroatoms. The van der Waals surface area contributed by atoms with Gasteiger partial charge in [0.25, 0.3) is 5.91 Å². The number of amides is 1. The highest BCUT2D eigenvalue weighted by atomic mass is 32.1. The third-order valence-corrected chi connectivity index (χ3v) is 5.10. The van der Waals surface area contributed by atoms with E-state index in [0.29, 0.717) is 18.1 Å². The van der Waals surface area contributed by atoms with E-state index in [0.717, 1.165) is 41.5 Å². The van der Waals surface area contributed by atoms with Crippen LogP contribution in [0.3, 0.4) is 0 Å². The maximum absolute atomic E-state index is 13.7. The normalized spacial score (nSPS) is 13.5. The Hall–Kier alpha value is -2.35. The number of hydrogen-bond donors (Lipinski definition) is 2. The van der Waals surface area contributed by atoms with Gasteiger partial charge in [0.1, 0.15) is 5.00 Å². The second-order valence-corrected chi connectivity index (χ2v) is 6.50. The summed E-state index contributed by atoms with van der Waals surface area (Å²) >= 11 is 1.12. The fourth-order valence-corrected chi connectivity index (χ4v) is 4.03. The van der Waals surface area contributed by atoms with Gasteiger partial charge < -0.3 is 10.4 Å². The Bertz CT molecular complexity index is 848. The predicted molar refractivity (Wildman–Crippen MR) is 82.2 cm³/mol. The van der Waals surface area contributed by atoms with Crippen molar-refractivity contribution in [1.29, 1.82) is 0 Å². The number of rotatable bonds is 3. The molecule has 0 spiro atoms. The molecule has 1 aromatic carbocycles. The minimum atomic E-state index is -1.74. The number of carbonyl (C=O) groups is 2. The van der Waals surface area contributed by atoms with Crippen LogP contribution in [0.5, 0.6) is 0 Å². The van der Waals surface area contributed by atoms with Gasteiger partial charge in [0.15, 0.2) is 17.5 Å². The second-order valence-electron chi connectivity index (χ2n) is 5.40. The van der Waals surface area contributed by atoms with E-state index in [2.05, 4.69) is 5.32 Å². The van der Waals surface area contributed by atoms with Crippen LogP contribution in [0.4, 0.5) is 18.2 Å². The third-order valence-electron chi connectivity index (χ3n) is 3.89. The lowest BCUT2D eigenvalue weighted by atomic mass is 9.95. The molecule has 126 valence electrons. The van der Waals surface area contributed by atoms with Gasteiger partial charge >= 0.3 is 5.97 Å². The molecule has 0 bridgehead atoms. The van der Waals surface area contributed by atoms with Crippen LogP contribution in [0, 0.1) is 17.5 Å². The van der Waals surface area contributed by atoms with Gasteiger partial charge in [-0.25, -0.2) is 18.0 Å². The number of aryl methyl sites for hydroxylation is 1. The zero-order valence-corrected chi connectivity index (χ0v) is 13.1. The first-order valence-electron chi connectivity index (χ1n) is 7.22. The first kappa shape index (κ1) is 16.5. The number of anilines is 1. The molecule has 0 fully saturated rings. The lowest BCUT2D eigenvalue weighted by molar-refractivity contribution is 0.0697. The Kier molecular flexibility index (Phi) is 4.31. The van der Waals surface area contributed by atoms with Crippen LogP contribution in [-0.2, 0) is 12.8 Å². The van der Waals surface area contributed by atoms with Gasteiger partial charge in [0.05, 0.1) is 11.1 Å². The molecule has 4 nitrogen and oxygen atoms in total. The summed E-state index contributed by atoms with van der Waals surface area (Å²) in [6.45, 7) is 0. The van der Waals surface area contributed by atoms with E-state index >= 15 is 0 Å². The lowest BCUT2D eigenvalue weighted by Gasteiger charge is -2.10. The van der Waals surface area contributed by atoms with Crippen molar-refractivity contribution in [3.8, 4) is 0 Å². The molecular weight excluding hydrogens is 343 g/mol. The molecular formula is C16H12F3NO3S. The monoisotopic (exact) mass is 355 g/mol. The summed E-state index contributed by atoms with van der Waals surface area (Å²) in [7, 11) is 0. The summed E-state index contributed by atoms with van der Waals surface area (Å²) in [5.74, 6) is -6.96. The standard InChI is InChI=1S/C16H12F3NO3S/c17-9-6-5-8(12(18)13(9)19)14(21)20-15-11(16(22)23)7-3-1-2-4-10(7)24-15/h5-6H,1-4H2,(H,20,21)(H,22,23). The second kappa shape index (κ2) is 6.27. The van der Waals surface area contributed by atoms with E-state index in [1.54, 1.807) is 0 Å². The molecule has 0 saturated carbocycles. The molecule has 2 aromatic rings. The fraction of sp³-hybridized carbons (Fsp3) is 0.250. The summed E-state index contributed by atoms with van der Waals surface area (Å²) in [6.07, 6.45) is 3.10. The zero-order chi connectivity index (χ0) is 17.4. The van der Waals surface area contributed by atoms with Gasteiger partial charge in [0, 0.05) is 4.88 Å². The number of hydrogen-bond acceptors (Lipinski definition) is 3. The number of fused-ring (bicyclic) bond motifs is 1. The van der Waals surface area contributed by atoms with Crippen molar-refractivity contribution < 1.29 is 27.9 Å². The van der Waals surface area contributed by atoms with Crippen molar-refractivity contribution in [3.63, 3.8) is 0 Å². The largest absolute Gasteiger partial charge is 0.478 e. The highest BCUT2D eigenvalue weighted by molar-refractivity contribution is 7.17. The van der Waals surface area contributed by atoms with Crippen LogP contribution in [0.15, 0.2) is 12.1 Å². The van der Waals surface area contributed by atoms with Crippen LogP contribution < -0.4 is 5.32 Å². The van der Waals surface area contributed by atoms with Gasteiger partial charge in [-0.05, 0) is 43.4 Å². The van der Waals surface area contributed by atoms with E-state index in [9.17, 15) is 27.9 Å². The first-order chi connectivity index (χ1) is 11.4. The highest BCUT2D eigenvalue weighted by Crippen LogP contribution is 2.38. The van der Waals surface area contributed by atoms with E-state index in [4.69, 9.17) is 0 Å². The molecule has 0 atom stereocenters. The maximum atomic E-state index is 13.7. The molecule has 0 radical (unpaired) electrons. The minimum Gasteiger partial charge on any atom is -0.478 e. The summed E-state index contributed by atoms with van der Waals surface area (Å²) in [6, 6.07) is 1.46. The van der Waals surface area contributed by atoms with E-state index in [1.807, 2.05) is 0 Å². The van der Waals surface area contributed by atoms with Crippen LogP contribution >= 0.6 is 11.3 Å². The number of carboxylic acids is 1. The Morgan fingerprint density at radius 2 is 1.79 bits per heavy atom. The third kappa shape index (κ3) is 2.77. The van der Waals surface area contributed by atoms with E-state index in [-0.39, 0.29) is 10.6 Å². The topological polar surface area (TPSA) is 66.4 Å². The average Bonchev–Trinajstić information content (AvgIpc) is 2.90. The van der Waals surface area contributed by atoms with Crippen LogP contribution in [-0.4, -0.2) is 17.0 Å². The van der Waals surface area contributed by atoms with Crippen LogP contribution in [0.2, 0.25) is 0 Å². The van der Waals surface area contributed by atoms with Crippen molar-refractivity contribution in [2.75, 3.05) is 5.32 Å². The minimum absolute atomic E-state index is 0.00829. The summed E-state index contributed by atoms with van der Waals surface area (Å²) < 4.78 is 39.9. The molecule has 1 aliphatic carbocycles. The smallest absolute Gasteiger partial charge is 0.339 e. The number of carboxylic acid groups (broad SMARTS) is 1. The van der Waals surface area contributed by atoms with E-state index < -0.39 is 34.9 Å². The van der Waals surface area contributed by atoms with Crippen molar-refractivity contribution in [3.05, 3.63) is 51.2 Å². The number of benzene rings is 1. The Morgan fingerprint density at radius 1 is 1.08 bits per heavy atom. The Labute approximate surface area is 138 Å². The van der Waals surface area contributed by atoms with Gasteiger partial charge in [0.2, 0.25) is 0 Å². The molecule has 0 aliphatic heterocycles. The first-order valence-corrected chi connectivity index (χ1v) is 8.04. The Morgan fingerprint density at radius 3 is 2.50 bits per heavy atom. The molecule has 2 N–H and O–H groups in total. The summed E-state index contributed by atoms with van der Waals surface area (Å²) in [4.78, 5) is 24.5. The lowest BCUT2D eigenvalue weighted by Crippen LogP contribution is -2.16. The molecule has 0 saturated heterocycles.